The highest BCUT2D eigenvalue weighted by molar-refractivity contribution is 7.89. The summed E-state index contributed by atoms with van der Waals surface area (Å²) in [4.78, 5) is 0.185. The maximum absolute atomic E-state index is 12.5. The highest BCUT2D eigenvalue weighted by atomic mass is 32.2. The van der Waals surface area contributed by atoms with Crippen molar-refractivity contribution in [1.82, 2.24) is 4.31 Å². The molecule has 0 heterocycles. The van der Waals surface area contributed by atoms with E-state index in [2.05, 4.69) is 0 Å². The third-order valence-electron chi connectivity index (χ3n) is 4.57. The summed E-state index contributed by atoms with van der Waals surface area (Å²) in [5.74, 6) is 1.29. The van der Waals surface area contributed by atoms with Crippen LogP contribution in [0.4, 0.5) is 0 Å². The zero-order chi connectivity index (χ0) is 18.3. The van der Waals surface area contributed by atoms with Gasteiger partial charge in [-0.2, -0.15) is 4.31 Å². The first-order chi connectivity index (χ1) is 11.9. The minimum absolute atomic E-state index is 0.0178. The maximum atomic E-state index is 12.5. The summed E-state index contributed by atoms with van der Waals surface area (Å²) >= 11 is 0. The summed E-state index contributed by atoms with van der Waals surface area (Å²) in [6, 6.07) is 6.47. The summed E-state index contributed by atoms with van der Waals surface area (Å²) in [6.07, 6.45) is 5.42. The fraction of sp³-hybridized carbons (Fsp3) is 0.667. The molecule has 25 heavy (non-hydrogen) atoms. The van der Waals surface area contributed by atoms with Gasteiger partial charge >= 0.3 is 0 Å². The topological polar surface area (TPSA) is 76.1 Å². The van der Waals surface area contributed by atoms with E-state index in [9.17, 15) is 13.5 Å². The molecule has 1 atom stereocenters. The van der Waals surface area contributed by atoms with Crippen LogP contribution in [0.15, 0.2) is 29.2 Å². The zero-order valence-corrected chi connectivity index (χ0v) is 15.9. The Bertz CT molecular complexity index is 611. The second kappa shape index (κ2) is 9.52. The van der Waals surface area contributed by atoms with E-state index in [-0.39, 0.29) is 18.0 Å². The number of ether oxygens (including phenoxy) is 2. The Hall–Kier alpha value is -1.15. The van der Waals surface area contributed by atoms with Crippen molar-refractivity contribution < 1.29 is 23.0 Å². The van der Waals surface area contributed by atoms with Crippen LogP contribution in [-0.2, 0) is 14.8 Å². The van der Waals surface area contributed by atoms with Crippen LogP contribution in [0.25, 0.3) is 0 Å². The predicted octanol–water partition coefficient (Wildman–Crippen LogP) is 2.27. The Labute approximate surface area is 150 Å². The number of aliphatic hydroxyl groups excluding tert-OH is 1. The first kappa shape index (κ1) is 20.2. The van der Waals surface area contributed by atoms with Gasteiger partial charge in [-0.05, 0) is 43.0 Å². The lowest BCUT2D eigenvalue weighted by molar-refractivity contribution is 0.0554. The summed E-state index contributed by atoms with van der Waals surface area (Å²) in [5, 5.41) is 9.72. The van der Waals surface area contributed by atoms with Crippen molar-refractivity contribution in [3.63, 3.8) is 0 Å². The van der Waals surface area contributed by atoms with Crippen LogP contribution in [0.1, 0.15) is 32.1 Å². The quantitative estimate of drug-likeness (QED) is 0.721. The number of hydrogen-bond donors (Lipinski definition) is 1. The molecule has 0 aromatic heterocycles. The Kier molecular flexibility index (Phi) is 7.68. The lowest BCUT2D eigenvalue weighted by atomic mass is 9.90. The van der Waals surface area contributed by atoms with Crippen LogP contribution in [-0.4, -0.2) is 57.8 Å². The molecule has 0 saturated heterocycles. The summed E-state index contributed by atoms with van der Waals surface area (Å²) < 4.78 is 36.8. The van der Waals surface area contributed by atoms with Gasteiger partial charge in [0.05, 0.1) is 24.2 Å². The number of likely N-dealkylation sites (N-methyl/N-ethyl adjacent to an activating group) is 1. The minimum atomic E-state index is -3.64. The van der Waals surface area contributed by atoms with Gasteiger partial charge in [-0.1, -0.05) is 19.3 Å². The van der Waals surface area contributed by atoms with Crippen LogP contribution in [0, 0.1) is 5.92 Å². The first-order valence-corrected chi connectivity index (χ1v) is 10.2. The van der Waals surface area contributed by atoms with Gasteiger partial charge in [-0.25, -0.2) is 8.42 Å². The second-order valence-corrected chi connectivity index (χ2v) is 8.73. The maximum Gasteiger partial charge on any atom is 0.242 e. The number of rotatable bonds is 9. The number of sulfonamides is 1. The SMILES string of the molecule is COC[C@@H](O)CN(C)S(=O)(=O)c1ccc(OCC2CCCCC2)cc1. The third-order valence-corrected chi connectivity index (χ3v) is 6.41. The number of nitrogens with zero attached hydrogens (tertiary/aromatic N) is 1. The molecule has 0 bridgehead atoms. The number of benzene rings is 1. The van der Waals surface area contributed by atoms with Gasteiger partial charge in [-0.3, -0.25) is 0 Å². The van der Waals surface area contributed by atoms with Gasteiger partial charge in [0, 0.05) is 20.7 Å². The first-order valence-electron chi connectivity index (χ1n) is 8.79. The van der Waals surface area contributed by atoms with Crippen LogP contribution < -0.4 is 4.74 Å². The standard InChI is InChI=1S/C18H29NO5S/c1-19(12-16(20)14-23-2)25(21,22)18-10-8-17(9-11-18)24-13-15-6-4-3-5-7-15/h8-11,15-16,20H,3-7,12-14H2,1-2H3/t16-/m0/s1. The molecule has 0 amide bonds. The molecule has 1 saturated carbocycles. The van der Waals surface area contributed by atoms with Gasteiger partial charge in [0.2, 0.25) is 10.0 Å². The minimum Gasteiger partial charge on any atom is -0.493 e. The van der Waals surface area contributed by atoms with Crippen LogP contribution >= 0.6 is 0 Å². The van der Waals surface area contributed by atoms with Gasteiger partial charge < -0.3 is 14.6 Å². The van der Waals surface area contributed by atoms with Crippen LogP contribution in [0.3, 0.4) is 0 Å². The van der Waals surface area contributed by atoms with Crippen molar-refractivity contribution >= 4 is 10.0 Å². The predicted molar refractivity (Wildman–Crippen MR) is 96.2 cm³/mol. The molecule has 0 spiro atoms. The molecule has 1 N–H and O–H groups in total. The van der Waals surface area contributed by atoms with Crippen molar-refractivity contribution in [1.29, 1.82) is 0 Å². The molecule has 0 aliphatic heterocycles. The average molecular weight is 371 g/mol. The molecular formula is C18H29NO5S. The lowest BCUT2D eigenvalue weighted by Gasteiger charge is -2.22. The molecule has 142 valence electrons. The highest BCUT2D eigenvalue weighted by Gasteiger charge is 2.23. The molecular weight excluding hydrogens is 342 g/mol. The Morgan fingerprint density at radius 2 is 1.84 bits per heavy atom. The normalized spacial score (nSPS) is 17.6. The highest BCUT2D eigenvalue weighted by Crippen LogP contribution is 2.25. The fourth-order valence-electron chi connectivity index (χ4n) is 3.10. The third kappa shape index (κ3) is 5.95. The summed E-state index contributed by atoms with van der Waals surface area (Å²) in [6.45, 7) is 0.763. The van der Waals surface area contributed by atoms with Gasteiger partial charge in [0.25, 0.3) is 0 Å². The summed E-state index contributed by atoms with van der Waals surface area (Å²) in [5.41, 5.74) is 0. The molecule has 0 radical (unpaired) electrons. The number of aliphatic hydroxyl groups is 1. The van der Waals surface area contributed by atoms with E-state index in [1.54, 1.807) is 24.3 Å². The molecule has 1 aliphatic rings. The Balaban J connectivity index is 1.92. The zero-order valence-electron chi connectivity index (χ0n) is 15.1. The molecule has 0 unspecified atom stereocenters. The number of hydrogen-bond acceptors (Lipinski definition) is 5. The smallest absolute Gasteiger partial charge is 0.242 e. The van der Waals surface area contributed by atoms with E-state index in [1.807, 2.05) is 0 Å². The van der Waals surface area contributed by atoms with E-state index in [4.69, 9.17) is 9.47 Å². The molecule has 1 aliphatic carbocycles. The van der Waals surface area contributed by atoms with E-state index in [1.165, 1.54) is 46.3 Å². The van der Waals surface area contributed by atoms with E-state index in [0.29, 0.717) is 18.3 Å². The van der Waals surface area contributed by atoms with Gasteiger partial charge in [0.15, 0.2) is 0 Å². The average Bonchev–Trinajstić information content (AvgIpc) is 2.61. The van der Waals surface area contributed by atoms with Crippen molar-refractivity contribution in [3.8, 4) is 5.75 Å². The van der Waals surface area contributed by atoms with Gasteiger partial charge in [-0.15, -0.1) is 0 Å². The molecule has 2 rings (SSSR count). The molecule has 6 nitrogen and oxygen atoms in total. The Morgan fingerprint density at radius 1 is 1.20 bits per heavy atom. The van der Waals surface area contributed by atoms with Crippen LogP contribution in [0.5, 0.6) is 5.75 Å². The molecule has 1 aromatic rings. The van der Waals surface area contributed by atoms with Crippen molar-refractivity contribution in [2.45, 2.75) is 43.1 Å². The van der Waals surface area contributed by atoms with Crippen molar-refractivity contribution in [3.05, 3.63) is 24.3 Å². The molecule has 1 aromatic carbocycles. The van der Waals surface area contributed by atoms with E-state index < -0.39 is 16.1 Å². The Morgan fingerprint density at radius 3 is 2.44 bits per heavy atom. The largest absolute Gasteiger partial charge is 0.493 e. The second-order valence-electron chi connectivity index (χ2n) is 6.68. The van der Waals surface area contributed by atoms with Gasteiger partial charge in [0.1, 0.15) is 5.75 Å². The number of methoxy groups -OCH3 is 1. The van der Waals surface area contributed by atoms with Crippen molar-refractivity contribution in [2.75, 3.05) is 33.9 Å². The van der Waals surface area contributed by atoms with E-state index >= 15 is 0 Å². The monoisotopic (exact) mass is 371 g/mol. The fourth-order valence-corrected chi connectivity index (χ4v) is 4.30. The van der Waals surface area contributed by atoms with E-state index in [0.717, 1.165) is 4.31 Å². The van der Waals surface area contributed by atoms with Crippen molar-refractivity contribution in [2.24, 2.45) is 5.92 Å². The molecule has 7 heteroatoms. The lowest BCUT2D eigenvalue weighted by Crippen LogP contribution is -2.36. The van der Waals surface area contributed by atoms with Crippen LogP contribution in [0.2, 0.25) is 0 Å². The molecule has 1 fully saturated rings. The summed E-state index contributed by atoms with van der Waals surface area (Å²) in [7, 11) is -0.734.